The van der Waals surface area contributed by atoms with Crippen LogP contribution in [0.2, 0.25) is 0 Å². The van der Waals surface area contributed by atoms with Crippen molar-refractivity contribution in [3.63, 3.8) is 0 Å². The first-order valence-corrected chi connectivity index (χ1v) is 3.77. The molecule has 0 unspecified atom stereocenters. The van der Waals surface area contributed by atoms with Gasteiger partial charge in [0.05, 0.1) is 5.56 Å². The Kier molecular flexibility index (Phi) is 2.26. The molecule has 0 radical (unpaired) electrons. The van der Waals surface area contributed by atoms with E-state index in [1.165, 1.54) is 0 Å². The second-order valence-corrected chi connectivity index (χ2v) is 3.06. The van der Waals surface area contributed by atoms with Crippen LogP contribution in [0.25, 0.3) is 0 Å². The van der Waals surface area contributed by atoms with Crippen LogP contribution in [0.5, 0.6) is 0 Å². The summed E-state index contributed by atoms with van der Waals surface area (Å²) in [6.07, 6.45) is 0. The molecule has 1 N–H and O–H groups in total. The molecule has 0 saturated heterocycles. The van der Waals surface area contributed by atoms with E-state index in [1.54, 1.807) is 18.2 Å². The minimum Gasteiger partial charge on any atom is -0.478 e. The molecular formula is C7H5IO2. The van der Waals surface area contributed by atoms with Gasteiger partial charge in [0, 0.05) is 3.57 Å². The molecule has 0 atom stereocenters. The van der Waals surface area contributed by atoms with E-state index in [0.29, 0.717) is 5.56 Å². The molecule has 1 rings (SSSR count). The van der Waals surface area contributed by atoms with Crippen molar-refractivity contribution in [2.75, 3.05) is 0 Å². The molecule has 0 saturated carbocycles. The summed E-state index contributed by atoms with van der Waals surface area (Å²) in [5.74, 6) is -0.876. The minimum atomic E-state index is -0.876. The van der Waals surface area contributed by atoms with Gasteiger partial charge in [-0.15, -0.1) is 0 Å². The van der Waals surface area contributed by atoms with Crippen LogP contribution in [0.1, 0.15) is 10.4 Å². The molecule has 0 spiro atoms. The summed E-state index contributed by atoms with van der Waals surface area (Å²) in [5, 5.41) is 8.51. The number of carbonyl (C=O) groups is 1. The summed E-state index contributed by atoms with van der Waals surface area (Å²) in [6.45, 7) is 0. The topological polar surface area (TPSA) is 37.3 Å². The Bertz CT molecular complexity index is 258. The van der Waals surface area contributed by atoms with Gasteiger partial charge in [-0.1, -0.05) is 6.07 Å². The largest absolute Gasteiger partial charge is 0.478 e. The van der Waals surface area contributed by atoms with Crippen LogP contribution in [0.3, 0.4) is 0 Å². The normalized spacial score (nSPS) is 9.30. The predicted octanol–water partition coefficient (Wildman–Crippen LogP) is 1.99. The molecule has 1 aromatic rings. The molecule has 0 bridgehead atoms. The first kappa shape index (κ1) is 7.53. The van der Waals surface area contributed by atoms with Crippen LogP contribution in [-0.4, -0.2) is 11.1 Å². The Morgan fingerprint density at radius 2 is 2.20 bits per heavy atom. The fourth-order valence-electron chi connectivity index (χ4n) is 0.622. The van der Waals surface area contributed by atoms with Crippen molar-refractivity contribution >= 4 is 28.6 Å². The third-order valence-electron chi connectivity index (χ3n) is 1.07. The first-order chi connectivity index (χ1) is 4.70. The second-order valence-electron chi connectivity index (χ2n) is 1.82. The zero-order valence-corrected chi connectivity index (χ0v) is 7.20. The number of rotatable bonds is 1. The maximum absolute atomic E-state index is 10.3. The minimum absolute atomic E-state index is 0.340. The van der Waals surface area contributed by atoms with Gasteiger partial charge in [0.25, 0.3) is 0 Å². The highest BCUT2D eigenvalue weighted by atomic mass is 127. The fraction of sp³-hybridized carbons (Fsp3) is 0. The van der Waals surface area contributed by atoms with Gasteiger partial charge in [0.2, 0.25) is 0 Å². The molecule has 10 heavy (non-hydrogen) atoms. The number of hydrogen-bond acceptors (Lipinski definition) is 1. The highest BCUT2D eigenvalue weighted by molar-refractivity contribution is 14.1. The van der Waals surface area contributed by atoms with Gasteiger partial charge in [0.1, 0.15) is 0 Å². The lowest BCUT2D eigenvalue weighted by Crippen LogP contribution is -1.95. The highest BCUT2D eigenvalue weighted by Crippen LogP contribution is 2.06. The molecule has 0 aliphatic heterocycles. The maximum atomic E-state index is 10.3. The molecule has 0 heterocycles. The van der Waals surface area contributed by atoms with Crippen molar-refractivity contribution in [2.45, 2.75) is 0 Å². The molecule has 0 fully saturated rings. The molecule has 0 aliphatic rings. The Hall–Kier alpha value is -0.580. The Labute approximate surface area is 72.0 Å². The van der Waals surface area contributed by atoms with Gasteiger partial charge in [-0.2, -0.15) is 0 Å². The van der Waals surface area contributed by atoms with Gasteiger partial charge >= 0.3 is 5.97 Å². The van der Waals surface area contributed by atoms with E-state index < -0.39 is 5.97 Å². The summed E-state index contributed by atoms with van der Waals surface area (Å²) in [4.78, 5) is 10.3. The Morgan fingerprint density at radius 1 is 1.50 bits per heavy atom. The summed E-state index contributed by atoms with van der Waals surface area (Å²) >= 11 is 2.08. The molecular weight excluding hydrogens is 249 g/mol. The van der Waals surface area contributed by atoms with Crippen LogP contribution in [-0.2, 0) is 0 Å². The Balaban J connectivity index is 3.07. The monoisotopic (exact) mass is 254 g/mol. The van der Waals surface area contributed by atoms with Gasteiger partial charge in [-0.3, -0.25) is 0 Å². The summed E-state index contributed by atoms with van der Waals surface area (Å²) in [5.41, 5.74) is 0.340. The predicted molar refractivity (Wildman–Crippen MR) is 46.1 cm³/mol. The molecule has 2 nitrogen and oxygen atoms in total. The fourth-order valence-corrected chi connectivity index (χ4v) is 1.16. The quantitative estimate of drug-likeness (QED) is 0.778. The number of benzene rings is 1. The molecule has 1 aromatic carbocycles. The molecule has 0 amide bonds. The van der Waals surface area contributed by atoms with E-state index in [0.717, 1.165) is 3.57 Å². The molecule has 52 valence electrons. The summed E-state index contributed by atoms with van der Waals surface area (Å²) < 4.78 is 0.942. The van der Waals surface area contributed by atoms with Gasteiger partial charge in [-0.25, -0.2) is 4.79 Å². The second kappa shape index (κ2) is 3.01. The number of carboxylic acid groups (broad SMARTS) is 1. The average Bonchev–Trinajstić information content (AvgIpc) is 1.88. The molecule has 0 aromatic heterocycles. The van der Waals surface area contributed by atoms with E-state index in [4.69, 9.17) is 5.11 Å². The highest BCUT2D eigenvalue weighted by Gasteiger charge is 1.99. The van der Waals surface area contributed by atoms with Crippen LogP contribution in [0.4, 0.5) is 0 Å². The molecule has 3 heteroatoms. The number of hydrogen-bond donors (Lipinski definition) is 1. The average molecular weight is 254 g/mol. The van der Waals surface area contributed by atoms with Crippen LogP contribution in [0, 0.1) is 3.57 Å². The van der Waals surface area contributed by atoms with E-state index in [-0.39, 0.29) is 0 Å². The van der Waals surface area contributed by atoms with Crippen molar-refractivity contribution < 1.29 is 9.90 Å². The Morgan fingerprint density at radius 3 is 2.60 bits per heavy atom. The first-order valence-electron chi connectivity index (χ1n) is 2.69. The summed E-state index contributed by atoms with van der Waals surface area (Å²) in [6, 6.07) is 6.78. The van der Waals surface area contributed by atoms with Crippen molar-refractivity contribution in [3.8, 4) is 0 Å². The van der Waals surface area contributed by atoms with Crippen LogP contribution < -0.4 is 0 Å². The lowest BCUT2D eigenvalue weighted by molar-refractivity contribution is 0.0697. The maximum Gasteiger partial charge on any atom is 0.335 e. The van der Waals surface area contributed by atoms with Crippen molar-refractivity contribution in [3.05, 3.63) is 33.4 Å². The third kappa shape index (κ3) is 1.70. The van der Waals surface area contributed by atoms with Gasteiger partial charge in [-0.05, 0) is 40.8 Å². The smallest absolute Gasteiger partial charge is 0.335 e. The standard InChI is InChI=1S/C7H5IO2/c8-6-3-1-2-5(4-6)7(9)10/h1-4H,(H,9,10)/i1+1,2+1,3+1,4+1,5+1,6+1. The van der Waals surface area contributed by atoms with Gasteiger partial charge < -0.3 is 5.11 Å². The zero-order valence-electron chi connectivity index (χ0n) is 5.04. The third-order valence-corrected chi connectivity index (χ3v) is 1.74. The van der Waals surface area contributed by atoms with E-state index in [2.05, 4.69) is 22.6 Å². The van der Waals surface area contributed by atoms with E-state index >= 15 is 0 Å². The molecule has 0 aliphatic carbocycles. The van der Waals surface area contributed by atoms with Crippen molar-refractivity contribution in [1.82, 2.24) is 0 Å². The zero-order chi connectivity index (χ0) is 7.56. The lowest BCUT2D eigenvalue weighted by atomic mass is 10.9. The van der Waals surface area contributed by atoms with Crippen molar-refractivity contribution in [2.24, 2.45) is 0 Å². The lowest BCUT2D eigenvalue weighted by Gasteiger charge is -1.92. The van der Waals surface area contributed by atoms with Gasteiger partial charge in [0.15, 0.2) is 0 Å². The van der Waals surface area contributed by atoms with E-state index in [1.807, 2.05) is 6.07 Å². The van der Waals surface area contributed by atoms with Crippen LogP contribution in [0.15, 0.2) is 24.3 Å². The SMILES string of the molecule is O=C(O)[13c]1[13cH][13cH][13cH][13c](I)[13cH]1. The van der Waals surface area contributed by atoms with E-state index in [9.17, 15) is 4.79 Å². The number of carboxylic acids is 1. The van der Waals surface area contributed by atoms with Crippen LogP contribution >= 0.6 is 22.6 Å². The van der Waals surface area contributed by atoms with Crippen molar-refractivity contribution in [1.29, 1.82) is 0 Å². The number of aromatic carboxylic acids is 1. The number of halogens is 1. The summed E-state index contributed by atoms with van der Waals surface area (Å²) in [7, 11) is 0.